The van der Waals surface area contributed by atoms with Gasteiger partial charge in [0.2, 0.25) is 0 Å². The maximum absolute atomic E-state index is 9.55. The molecule has 1 unspecified atom stereocenters. The highest BCUT2D eigenvalue weighted by molar-refractivity contribution is 5.42. The van der Waals surface area contributed by atoms with Crippen molar-refractivity contribution in [3.8, 4) is 0 Å². The van der Waals surface area contributed by atoms with E-state index in [-0.39, 0.29) is 12.0 Å². The number of piperidine rings is 1. The molecule has 0 spiro atoms. The van der Waals surface area contributed by atoms with Crippen molar-refractivity contribution in [3.05, 3.63) is 35.8 Å². The van der Waals surface area contributed by atoms with Gasteiger partial charge in [-0.05, 0) is 44.0 Å². The van der Waals surface area contributed by atoms with Crippen LogP contribution in [0.1, 0.15) is 31.0 Å². The summed E-state index contributed by atoms with van der Waals surface area (Å²) in [5.74, 6) is 0. The molecule has 0 bridgehead atoms. The van der Waals surface area contributed by atoms with Gasteiger partial charge in [0.15, 0.2) is 0 Å². The molecule has 0 aliphatic carbocycles. The highest BCUT2D eigenvalue weighted by atomic mass is 16.3. The summed E-state index contributed by atoms with van der Waals surface area (Å²) in [6.07, 6.45) is 6.35. The SMILES string of the molecule is Cc1ccn2c(CN3CCCC(C)(CO)C3)cnc2c1. The molecule has 1 N–H and O–H groups in total. The number of rotatable bonds is 3. The summed E-state index contributed by atoms with van der Waals surface area (Å²) in [5, 5.41) is 9.55. The second-order valence-electron chi connectivity index (χ2n) is 6.46. The Kier molecular flexibility index (Phi) is 3.52. The number of likely N-dealkylation sites (tertiary alicyclic amines) is 1. The van der Waals surface area contributed by atoms with E-state index >= 15 is 0 Å². The Balaban J connectivity index is 1.79. The molecule has 1 fully saturated rings. The molecular formula is C16H23N3O. The monoisotopic (exact) mass is 273 g/mol. The summed E-state index contributed by atoms with van der Waals surface area (Å²) >= 11 is 0. The van der Waals surface area contributed by atoms with Crippen LogP contribution >= 0.6 is 0 Å². The minimum Gasteiger partial charge on any atom is -0.396 e. The number of fused-ring (bicyclic) bond motifs is 1. The Hall–Kier alpha value is -1.39. The third kappa shape index (κ3) is 2.58. The lowest BCUT2D eigenvalue weighted by molar-refractivity contribution is 0.0422. The molecule has 20 heavy (non-hydrogen) atoms. The molecule has 2 aromatic rings. The van der Waals surface area contributed by atoms with E-state index in [9.17, 15) is 5.11 Å². The summed E-state index contributed by atoms with van der Waals surface area (Å²) in [4.78, 5) is 6.92. The fourth-order valence-electron chi connectivity index (χ4n) is 3.17. The number of pyridine rings is 1. The molecule has 0 saturated carbocycles. The second kappa shape index (κ2) is 5.19. The van der Waals surface area contributed by atoms with Gasteiger partial charge in [0.25, 0.3) is 0 Å². The van der Waals surface area contributed by atoms with Gasteiger partial charge in [0.05, 0.1) is 11.9 Å². The summed E-state index contributed by atoms with van der Waals surface area (Å²) < 4.78 is 2.16. The van der Waals surface area contributed by atoms with Gasteiger partial charge in [-0.15, -0.1) is 0 Å². The van der Waals surface area contributed by atoms with Crippen molar-refractivity contribution in [1.82, 2.24) is 14.3 Å². The predicted octanol–water partition coefficient (Wildman–Crippen LogP) is 2.24. The molecule has 2 aromatic heterocycles. The number of imidazole rings is 1. The van der Waals surface area contributed by atoms with Gasteiger partial charge >= 0.3 is 0 Å². The van der Waals surface area contributed by atoms with E-state index in [1.807, 2.05) is 6.20 Å². The highest BCUT2D eigenvalue weighted by Gasteiger charge is 2.30. The Labute approximate surface area is 120 Å². The Morgan fingerprint density at radius 2 is 2.30 bits per heavy atom. The summed E-state index contributed by atoms with van der Waals surface area (Å²) in [7, 11) is 0. The van der Waals surface area contributed by atoms with Crippen LogP contribution in [0.25, 0.3) is 5.65 Å². The molecular weight excluding hydrogens is 250 g/mol. The third-order valence-corrected chi connectivity index (χ3v) is 4.37. The predicted molar refractivity (Wildman–Crippen MR) is 79.6 cm³/mol. The second-order valence-corrected chi connectivity index (χ2v) is 6.46. The van der Waals surface area contributed by atoms with Crippen molar-refractivity contribution >= 4 is 5.65 Å². The normalized spacial score (nSPS) is 24.4. The van der Waals surface area contributed by atoms with Crippen molar-refractivity contribution in [3.63, 3.8) is 0 Å². The van der Waals surface area contributed by atoms with Crippen molar-refractivity contribution in [2.24, 2.45) is 5.41 Å². The first-order valence-electron chi connectivity index (χ1n) is 7.35. The number of aromatic nitrogens is 2. The first-order valence-corrected chi connectivity index (χ1v) is 7.35. The molecule has 0 radical (unpaired) electrons. The average Bonchev–Trinajstić information content (AvgIpc) is 2.81. The van der Waals surface area contributed by atoms with Gasteiger partial charge in [-0.2, -0.15) is 0 Å². The lowest BCUT2D eigenvalue weighted by Gasteiger charge is -2.39. The Bertz CT molecular complexity index is 607. The number of nitrogens with zero attached hydrogens (tertiary/aromatic N) is 3. The molecule has 1 aliphatic rings. The van der Waals surface area contributed by atoms with Gasteiger partial charge in [-0.3, -0.25) is 4.90 Å². The Morgan fingerprint density at radius 1 is 1.45 bits per heavy atom. The smallest absolute Gasteiger partial charge is 0.137 e. The van der Waals surface area contributed by atoms with Crippen LogP contribution in [0.15, 0.2) is 24.5 Å². The van der Waals surface area contributed by atoms with E-state index in [1.54, 1.807) is 0 Å². The first kappa shape index (κ1) is 13.6. The molecule has 3 rings (SSSR count). The fraction of sp³-hybridized carbons (Fsp3) is 0.562. The first-order chi connectivity index (χ1) is 9.59. The number of aryl methyl sites for hydroxylation is 1. The molecule has 1 atom stereocenters. The standard InChI is InChI=1S/C16H23N3O/c1-13-4-7-19-14(9-17-15(19)8-13)10-18-6-3-5-16(2,11-18)12-20/h4,7-9,20H,3,5-6,10-12H2,1-2H3. The zero-order valence-electron chi connectivity index (χ0n) is 12.3. The maximum Gasteiger partial charge on any atom is 0.137 e. The van der Waals surface area contributed by atoms with Crippen molar-refractivity contribution in [1.29, 1.82) is 0 Å². The number of hydrogen-bond acceptors (Lipinski definition) is 3. The van der Waals surface area contributed by atoms with E-state index in [0.29, 0.717) is 0 Å². The van der Waals surface area contributed by atoms with E-state index in [2.05, 4.69) is 46.5 Å². The van der Waals surface area contributed by atoms with Crippen LogP contribution in [-0.4, -0.2) is 39.1 Å². The highest BCUT2D eigenvalue weighted by Crippen LogP contribution is 2.29. The lowest BCUT2D eigenvalue weighted by atomic mass is 9.83. The van der Waals surface area contributed by atoms with Gasteiger partial charge in [-0.25, -0.2) is 4.98 Å². The third-order valence-electron chi connectivity index (χ3n) is 4.37. The van der Waals surface area contributed by atoms with Gasteiger partial charge in [0.1, 0.15) is 5.65 Å². The lowest BCUT2D eigenvalue weighted by Crippen LogP contribution is -2.43. The van der Waals surface area contributed by atoms with Crippen LogP contribution < -0.4 is 0 Å². The quantitative estimate of drug-likeness (QED) is 0.932. The minimum absolute atomic E-state index is 0.0509. The molecule has 108 valence electrons. The van der Waals surface area contributed by atoms with Crippen LogP contribution in [0, 0.1) is 12.3 Å². The summed E-state index contributed by atoms with van der Waals surface area (Å²) in [5.41, 5.74) is 3.53. The molecule has 1 aliphatic heterocycles. The fourth-order valence-corrected chi connectivity index (χ4v) is 3.17. The summed E-state index contributed by atoms with van der Waals surface area (Å²) in [6.45, 7) is 7.51. The molecule has 4 nitrogen and oxygen atoms in total. The topological polar surface area (TPSA) is 40.8 Å². The van der Waals surface area contributed by atoms with Crippen LogP contribution in [0.4, 0.5) is 0 Å². The van der Waals surface area contributed by atoms with Crippen molar-refractivity contribution < 1.29 is 5.11 Å². The Morgan fingerprint density at radius 3 is 3.10 bits per heavy atom. The molecule has 0 amide bonds. The van der Waals surface area contributed by atoms with E-state index in [1.165, 1.54) is 11.3 Å². The van der Waals surface area contributed by atoms with Gasteiger partial charge in [0, 0.05) is 31.3 Å². The zero-order chi connectivity index (χ0) is 14.2. The van der Waals surface area contributed by atoms with Crippen LogP contribution in [0.2, 0.25) is 0 Å². The summed E-state index contributed by atoms with van der Waals surface area (Å²) in [6, 6.07) is 4.23. The van der Waals surface area contributed by atoms with Gasteiger partial charge < -0.3 is 9.51 Å². The van der Waals surface area contributed by atoms with Crippen molar-refractivity contribution in [2.45, 2.75) is 33.2 Å². The largest absolute Gasteiger partial charge is 0.396 e. The van der Waals surface area contributed by atoms with Crippen LogP contribution in [0.3, 0.4) is 0 Å². The van der Waals surface area contributed by atoms with Gasteiger partial charge in [-0.1, -0.05) is 6.92 Å². The maximum atomic E-state index is 9.55. The van der Waals surface area contributed by atoms with Crippen LogP contribution in [-0.2, 0) is 6.54 Å². The van der Waals surface area contributed by atoms with E-state index in [4.69, 9.17) is 0 Å². The number of hydrogen-bond donors (Lipinski definition) is 1. The van der Waals surface area contributed by atoms with Crippen LogP contribution in [0.5, 0.6) is 0 Å². The molecule has 1 saturated heterocycles. The average molecular weight is 273 g/mol. The molecule has 4 heteroatoms. The number of aliphatic hydroxyl groups is 1. The zero-order valence-corrected chi connectivity index (χ0v) is 12.3. The molecule has 3 heterocycles. The minimum atomic E-state index is 0.0509. The van der Waals surface area contributed by atoms with Crippen molar-refractivity contribution in [2.75, 3.05) is 19.7 Å². The molecule has 0 aromatic carbocycles. The number of aliphatic hydroxyl groups excluding tert-OH is 1. The van der Waals surface area contributed by atoms with E-state index < -0.39 is 0 Å². The van der Waals surface area contributed by atoms with E-state index in [0.717, 1.165) is 38.1 Å².